The van der Waals surface area contributed by atoms with Gasteiger partial charge in [-0.1, -0.05) is 43.2 Å². The third-order valence-corrected chi connectivity index (χ3v) is 7.86. The van der Waals surface area contributed by atoms with Gasteiger partial charge in [0.15, 0.2) is 0 Å². The number of anilines is 1. The first-order chi connectivity index (χ1) is 15.0. The molecule has 31 heavy (non-hydrogen) atoms. The molecular formula is C23H32N4O3S. The molecule has 4 rings (SSSR count). The van der Waals surface area contributed by atoms with Gasteiger partial charge in [-0.3, -0.25) is 0 Å². The van der Waals surface area contributed by atoms with Crippen LogP contribution in [0.4, 0.5) is 5.82 Å². The second-order valence-electron chi connectivity index (χ2n) is 8.41. The van der Waals surface area contributed by atoms with Crippen molar-refractivity contribution in [2.75, 3.05) is 43.5 Å². The van der Waals surface area contributed by atoms with Crippen LogP contribution in [-0.4, -0.2) is 61.3 Å². The summed E-state index contributed by atoms with van der Waals surface area (Å²) in [5.74, 6) is 1.89. The number of hydrogen-bond donors (Lipinski definition) is 0. The molecule has 0 bridgehead atoms. The van der Waals surface area contributed by atoms with E-state index < -0.39 is 10.0 Å². The molecule has 0 saturated carbocycles. The zero-order valence-corrected chi connectivity index (χ0v) is 19.3. The van der Waals surface area contributed by atoms with E-state index in [1.807, 2.05) is 6.92 Å². The second-order valence-corrected chi connectivity index (χ2v) is 10.5. The maximum Gasteiger partial charge on any atom is 0.214 e. The van der Waals surface area contributed by atoms with Crippen LogP contribution in [0.3, 0.4) is 0 Å². The zero-order chi connectivity index (χ0) is 21.8. The second kappa shape index (κ2) is 9.63. The van der Waals surface area contributed by atoms with Gasteiger partial charge in [-0.05, 0) is 18.9 Å². The van der Waals surface area contributed by atoms with E-state index in [1.54, 1.807) is 4.31 Å². The molecule has 1 aromatic heterocycles. The average Bonchev–Trinajstić information content (AvgIpc) is 2.77. The maximum atomic E-state index is 12.8. The molecule has 0 unspecified atom stereocenters. The summed E-state index contributed by atoms with van der Waals surface area (Å²) in [5.41, 5.74) is 4.35. The van der Waals surface area contributed by atoms with Crippen LogP contribution in [-0.2, 0) is 34.1 Å². The molecular weight excluding hydrogens is 412 g/mol. The number of aromatic nitrogens is 2. The lowest BCUT2D eigenvalue weighted by Gasteiger charge is -2.34. The summed E-state index contributed by atoms with van der Waals surface area (Å²) in [4.78, 5) is 12.1. The molecule has 3 heterocycles. The molecule has 2 aliphatic heterocycles. The Labute approximate surface area is 185 Å². The molecule has 1 fully saturated rings. The number of morpholine rings is 1. The van der Waals surface area contributed by atoms with Crippen molar-refractivity contribution in [1.29, 1.82) is 0 Å². The molecule has 0 atom stereocenters. The molecule has 2 aromatic rings. The summed E-state index contributed by atoms with van der Waals surface area (Å²) in [6, 6.07) is 8.42. The largest absolute Gasteiger partial charge is 0.378 e. The van der Waals surface area contributed by atoms with Gasteiger partial charge in [0.25, 0.3) is 0 Å². The third-order valence-electron chi connectivity index (χ3n) is 5.95. The molecule has 1 saturated heterocycles. The molecule has 2 aliphatic rings. The lowest BCUT2D eigenvalue weighted by Crippen LogP contribution is -2.42. The standard InChI is InChI=1S/C23H32N4O3S/c1-3-4-14-31(28,29)27-9-8-21-20(17-27)23(26-10-12-30-13-11-26)25-22(24-21)16-19-7-5-6-18(2)15-19/h5-7,15H,3-4,8-14,16-17H2,1-2H3. The van der Waals surface area contributed by atoms with E-state index in [0.29, 0.717) is 45.6 Å². The van der Waals surface area contributed by atoms with Gasteiger partial charge in [0, 0.05) is 44.6 Å². The summed E-state index contributed by atoms with van der Waals surface area (Å²) in [6.45, 7) is 7.78. The Bertz CT molecular complexity index is 1020. The van der Waals surface area contributed by atoms with E-state index >= 15 is 0 Å². The van der Waals surface area contributed by atoms with E-state index in [1.165, 1.54) is 11.1 Å². The fourth-order valence-electron chi connectivity index (χ4n) is 4.24. The van der Waals surface area contributed by atoms with Crippen LogP contribution in [0, 0.1) is 6.92 Å². The lowest BCUT2D eigenvalue weighted by atomic mass is 10.1. The number of benzene rings is 1. The SMILES string of the molecule is CCCCS(=O)(=O)N1CCc2nc(Cc3cccc(C)c3)nc(N3CCOCC3)c2C1. The van der Waals surface area contributed by atoms with E-state index in [-0.39, 0.29) is 5.75 Å². The molecule has 0 radical (unpaired) electrons. The Morgan fingerprint density at radius 2 is 1.94 bits per heavy atom. The molecule has 0 spiro atoms. The van der Waals surface area contributed by atoms with Gasteiger partial charge in [0.1, 0.15) is 11.6 Å². The van der Waals surface area contributed by atoms with Crippen molar-refractivity contribution >= 4 is 15.8 Å². The van der Waals surface area contributed by atoms with Crippen LogP contribution in [0.1, 0.15) is 48.0 Å². The van der Waals surface area contributed by atoms with Crippen molar-refractivity contribution in [3.05, 3.63) is 52.5 Å². The normalized spacial score (nSPS) is 17.5. The number of aryl methyl sites for hydroxylation is 1. The molecule has 168 valence electrons. The number of ether oxygens (including phenoxy) is 1. The summed E-state index contributed by atoms with van der Waals surface area (Å²) in [7, 11) is -3.26. The van der Waals surface area contributed by atoms with Crippen LogP contribution in [0.2, 0.25) is 0 Å². The number of nitrogens with zero attached hydrogens (tertiary/aromatic N) is 4. The first-order valence-corrected chi connectivity index (χ1v) is 12.8. The van der Waals surface area contributed by atoms with E-state index in [4.69, 9.17) is 14.7 Å². The van der Waals surface area contributed by atoms with E-state index in [2.05, 4.69) is 36.1 Å². The van der Waals surface area contributed by atoms with Gasteiger partial charge >= 0.3 is 0 Å². The van der Waals surface area contributed by atoms with Crippen molar-refractivity contribution < 1.29 is 13.2 Å². The van der Waals surface area contributed by atoms with Gasteiger partial charge < -0.3 is 9.64 Å². The molecule has 0 amide bonds. The topological polar surface area (TPSA) is 75.6 Å². The highest BCUT2D eigenvalue weighted by atomic mass is 32.2. The predicted molar refractivity (Wildman–Crippen MR) is 122 cm³/mol. The minimum Gasteiger partial charge on any atom is -0.378 e. The molecule has 8 heteroatoms. The van der Waals surface area contributed by atoms with Crippen molar-refractivity contribution in [3.63, 3.8) is 0 Å². The summed E-state index contributed by atoms with van der Waals surface area (Å²) >= 11 is 0. The number of rotatable bonds is 7. The highest BCUT2D eigenvalue weighted by Gasteiger charge is 2.31. The van der Waals surface area contributed by atoms with Crippen LogP contribution < -0.4 is 4.90 Å². The first-order valence-electron chi connectivity index (χ1n) is 11.2. The minimum atomic E-state index is -3.26. The lowest BCUT2D eigenvalue weighted by molar-refractivity contribution is 0.122. The summed E-state index contributed by atoms with van der Waals surface area (Å²) < 4.78 is 32.8. The smallest absolute Gasteiger partial charge is 0.214 e. The van der Waals surface area contributed by atoms with Crippen LogP contribution in [0.15, 0.2) is 24.3 Å². The van der Waals surface area contributed by atoms with Crippen LogP contribution in [0.5, 0.6) is 0 Å². The molecule has 1 aromatic carbocycles. The van der Waals surface area contributed by atoms with Gasteiger partial charge in [0.2, 0.25) is 10.0 Å². The van der Waals surface area contributed by atoms with Gasteiger partial charge in [-0.25, -0.2) is 18.4 Å². The van der Waals surface area contributed by atoms with E-state index in [0.717, 1.165) is 42.4 Å². The van der Waals surface area contributed by atoms with Crippen molar-refractivity contribution in [1.82, 2.24) is 14.3 Å². The van der Waals surface area contributed by atoms with Crippen LogP contribution in [0.25, 0.3) is 0 Å². The van der Waals surface area contributed by atoms with Crippen molar-refractivity contribution in [3.8, 4) is 0 Å². The summed E-state index contributed by atoms with van der Waals surface area (Å²) in [5, 5.41) is 0. The monoisotopic (exact) mass is 444 g/mol. The highest BCUT2D eigenvalue weighted by molar-refractivity contribution is 7.89. The van der Waals surface area contributed by atoms with Crippen LogP contribution >= 0.6 is 0 Å². The Kier molecular flexibility index (Phi) is 6.89. The minimum absolute atomic E-state index is 0.206. The molecule has 0 N–H and O–H groups in total. The van der Waals surface area contributed by atoms with E-state index in [9.17, 15) is 8.42 Å². The highest BCUT2D eigenvalue weighted by Crippen LogP contribution is 2.29. The maximum absolute atomic E-state index is 12.8. The number of unbranched alkanes of at least 4 members (excludes halogenated alkanes) is 1. The van der Waals surface area contributed by atoms with Gasteiger partial charge in [-0.15, -0.1) is 0 Å². The molecule has 7 nitrogen and oxygen atoms in total. The number of sulfonamides is 1. The number of hydrogen-bond acceptors (Lipinski definition) is 6. The summed E-state index contributed by atoms with van der Waals surface area (Å²) in [6.07, 6.45) is 2.86. The third kappa shape index (κ3) is 5.25. The van der Waals surface area contributed by atoms with Gasteiger partial charge in [0.05, 0.1) is 24.7 Å². The van der Waals surface area contributed by atoms with Crippen molar-refractivity contribution in [2.24, 2.45) is 0 Å². The van der Waals surface area contributed by atoms with Gasteiger partial charge in [-0.2, -0.15) is 4.31 Å². The van der Waals surface area contributed by atoms with Crippen molar-refractivity contribution in [2.45, 2.75) is 46.1 Å². The number of fused-ring (bicyclic) bond motifs is 1. The Morgan fingerprint density at radius 1 is 1.13 bits per heavy atom. The Morgan fingerprint density at radius 3 is 2.68 bits per heavy atom. The molecule has 0 aliphatic carbocycles. The Balaban J connectivity index is 1.67. The Hall–Kier alpha value is -2.03. The average molecular weight is 445 g/mol. The zero-order valence-electron chi connectivity index (χ0n) is 18.5. The first kappa shape index (κ1) is 22.2. The fourth-order valence-corrected chi connectivity index (χ4v) is 5.84. The fraction of sp³-hybridized carbons (Fsp3) is 0.565. The quantitative estimate of drug-likeness (QED) is 0.654. The predicted octanol–water partition coefficient (Wildman–Crippen LogP) is 2.70.